The van der Waals surface area contributed by atoms with Crippen molar-refractivity contribution in [1.82, 2.24) is 33.7 Å². The Morgan fingerprint density at radius 2 is 2.00 bits per heavy atom. The van der Waals surface area contributed by atoms with Gasteiger partial charge in [0.25, 0.3) is 5.56 Å². The van der Waals surface area contributed by atoms with E-state index in [1.807, 2.05) is 0 Å². The first-order valence-electron chi connectivity index (χ1n) is 12.0. The molecule has 1 aliphatic rings. The van der Waals surface area contributed by atoms with Crippen molar-refractivity contribution in [3.63, 3.8) is 0 Å². The van der Waals surface area contributed by atoms with Crippen molar-refractivity contribution in [2.75, 3.05) is 30.9 Å². The summed E-state index contributed by atoms with van der Waals surface area (Å²) in [5.41, 5.74) is -0.800. The van der Waals surface area contributed by atoms with Crippen LogP contribution in [0.1, 0.15) is 18.0 Å². The number of aryl methyl sites for hydroxylation is 1. The first-order valence-corrected chi connectivity index (χ1v) is 12.4. The molecule has 5 aromatic rings. The molecule has 6 heterocycles. The smallest absolute Gasteiger partial charge is 0.417 e. The molecule has 0 unspecified atom stereocenters. The third kappa shape index (κ3) is 4.46. The van der Waals surface area contributed by atoms with E-state index in [0.717, 1.165) is 16.8 Å². The lowest BCUT2D eigenvalue weighted by atomic mass is 10.2. The summed E-state index contributed by atoms with van der Waals surface area (Å²) in [7, 11) is 3.32. The van der Waals surface area contributed by atoms with Crippen LogP contribution in [0.3, 0.4) is 0 Å². The molecule has 0 bridgehead atoms. The van der Waals surface area contributed by atoms with Crippen LogP contribution in [-0.4, -0.2) is 54.0 Å². The molecule has 16 heteroatoms. The normalized spacial score (nSPS) is 15.7. The van der Waals surface area contributed by atoms with E-state index >= 15 is 0 Å². The highest BCUT2D eigenvalue weighted by molar-refractivity contribution is 6.36. The fraction of sp³-hybridized carbons (Fsp3) is 0.292. The summed E-state index contributed by atoms with van der Waals surface area (Å²) in [4.78, 5) is 26.1. The molecule has 12 nitrogen and oxygen atoms in total. The Morgan fingerprint density at radius 1 is 1.18 bits per heavy atom. The first kappa shape index (κ1) is 25.9. The van der Waals surface area contributed by atoms with Crippen LogP contribution in [0.4, 0.5) is 30.6 Å². The maximum Gasteiger partial charge on any atom is 0.417 e. The quantitative estimate of drug-likeness (QED) is 0.303. The summed E-state index contributed by atoms with van der Waals surface area (Å²) < 4.78 is 56.5. The third-order valence-electron chi connectivity index (χ3n) is 6.57. The zero-order chi connectivity index (χ0) is 28.2. The summed E-state index contributed by atoms with van der Waals surface area (Å²) in [6, 6.07) is 0.252. The number of anilines is 3. The second kappa shape index (κ2) is 9.67. The van der Waals surface area contributed by atoms with Crippen LogP contribution in [0.2, 0.25) is 5.02 Å². The molecule has 0 aliphatic carbocycles. The summed E-state index contributed by atoms with van der Waals surface area (Å²) in [6.07, 6.45) is 2.72. The largest absolute Gasteiger partial charge is 0.450 e. The number of hydrogen-bond acceptors (Lipinski definition) is 9. The highest BCUT2D eigenvalue weighted by Gasteiger charge is 2.34. The number of rotatable bonds is 6. The van der Waals surface area contributed by atoms with E-state index in [2.05, 4.69) is 30.7 Å². The van der Waals surface area contributed by atoms with Gasteiger partial charge in [-0.1, -0.05) is 11.6 Å². The predicted molar refractivity (Wildman–Crippen MR) is 140 cm³/mol. The van der Waals surface area contributed by atoms with Crippen molar-refractivity contribution in [2.45, 2.75) is 18.6 Å². The fourth-order valence-corrected chi connectivity index (χ4v) is 4.76. The topological polar surface area (TPSA) is 125 Å². The van der Waals surface area contributed by atoms with Crippen molar-refractivity contribution < 1.29 is 22.6 Å². The summed E-state index contributed by atoms with van der Waals surface area (Å²) in [6.45, 7) is 0.507. The fourth-order valence-electron chi connectivity index (χ4n) is 4.46. The van der Waals surface area contributed by atoms with Gasteiger partial charge in [-0.2, -0.15) is 23.3 Å². The second-order valence-corrected chi connectivity index (χ2v) is 9.44. The average Bonchev–Trinajstić information content (AvgIpc) is 3.66. The maximum absolute atomic E-state index is 13.7. The molecule has 0 spiro atoms. The first-order chi connectivity index (χ1) is 19.1. The molecule has 1 fully saturated rings. The molecule has 6 rings (SSSR count). The van der Waals surface area contributed by atoms with Gasteiger partial charge in [0.1, 0.15) is 27.6 Å². The molecule has 0 aromatic carbocycles. The number of fused-ring (bicyclic) bond motifs is 2. The number of imidazole rings is 1. The van der Waals surface area contributed by atoms with Gasteiger partial charge in [0.15, 0.2) is 17.1 Å². The van der Waals surface area contributed by atoms with Crippen molar-refractivity contribution in [3.8, 4) is 11.5 Å². The molecule has 0 amide bonds. The van der Waals surface area contributed by atoms with E-state index in [1.165, 1.54) is 17.0 Å². The van der Waals surface area contributed by atoms with E-state index in [0.29, 0.717) is 35.6 Å². The van der Waals surface area contributed by atoms with Gasteiger partial charge in [-0.15, -0.1) is 0 Å². The van der Waals surface area contributed by atoms with E-state index < -0.39 is 23.3 Å². The Bertz CT molecular complexity index is 1810. The van der Waals surface area contributed by atoms with Crippen LogP contribution in [0, 0.1) is 0 Å². The number of halogens is 4. The molecule has 1 aliphatic heterocycles. The Kier molecular flexibility index (Phi) is 6.26. The molecular weight excluding hydrogens is 555 g/mol. The van der Waals surface area contributed by atoms with Crippen molar-refractivity contribution in [2.24, 2.45) is 7.05 Å². The van der Waals surface area contributed by atoms with Gasteiger partial charge in [-0.3, -0.25) is 4.79 Å². The lowest BCUT2D eigenvalue weighted by molar-refractivity contribution is -0.138. The maximum atomic E-state index is 13.7. The zero-order valence-electron chi connectivity index (χ0n) is 21.0. The van der Waals surface area contributed by atoms with Crippen LogP contribution in [0.25, 0.3) is 16.7 Å². The molecule has 40 heavy (non-hydrogen) atoms. The Labute approximate surface area is 228 Å². The highest BCUT2D eigenvalue weighted by atomic mass is 35.5. The zero-order valence-corrected chi connectivity index (χ0v) is 21.8. The van der Waals surface area contributed by atoms with Crippen molar-refractivity contribution in [1.29, 1.82) is 0 Å². The van der Waals surface area contributed by atoms with Gasteiger partial charge in [0.2, 0.25) is 5.95 Å². The van der Waals surface area contributed by atoms with Crippen LogP contribution in [0.15, 0.2) is 41.8 Å². The number of hydrogen-bond donors (Lipinski definition) is 2. The number of alkyl halides is 3. The Morgan fingerprint density at radius 3 is 2.73 bits per heavy atom. The predicted octanol–water partition coefficient (Wildman–Crippen LogP) is 4.38. The minimum absolute atomic E-state index is 0.0620. The molecular formula is C24H21ClF3N9O3. The third-order valence-corrected chi connectivity index (χ3v) is 6.93. The van der Waals surface area contributed by atoms with Gasteiger partial charge in [-0.25, -0.2) is 14.5 Å². The minimum Gasteiger partial charge on any atom is -0.450 e. The van der Waals surface area contributed by atoms with Gasteiger partial charge in [0.05, 0.1) is 43.0 Å². The molecule has 5 aromatic heterocycles. The molecule has 1 saturated heterocycles. The molecule has 1 atom stereocenters. The van der Waals surface area contributed by atoms with E-state index in [1.54, 1.807) is 31.0 Å². The molecule has 0 radical (unpaired) electrons. The van der Waals surface area contributed by atoms with E-state index in [4.69, 9.17) is 21.1 Å². The molecule has 2 N–H and O–H groups in total. The SMILES string of the molecule is CNc1cn2ncc(Oc3cnc4nc(Nc5cc(C(F)(F)F)cn([C@@H]6CCOC6)c5=O)n(C)c4c3Cl)c2cn1. The Balaban J connectivity index is 1.37. The number of aromatic nitrogens is 7. The summed E-state index contributed by atoms with van der Waals surface area (Å²) in [5.74, 6) is 1.24. The van der Waals surface area contributed by atoms with Crippen LogP contribution >= 0.6 is 11.6 Å². The highest BCUT2D eigenvalue weighted by Crippen LogP contribution is 2.37. The van der Waals surface area contributed by atoms with Crippen molar-refractivity contribution >= 4 is 45.7 Å². The minimum atomic E-state index is -4.67. The van der Waals surface area contributed by atoms with Crippen molar-refractivity contribution in [3.05, 3.63) is 58.0 Å². The number of ether oxygens (including phenoxy) is 2. The van der Waals surface area contributed by atoms with Gasteiger partial charge < -0.3 is 29.2 Å². The molecule has 0 saturated carbocycles. The van der Waals surface area contributed by atoms with E-state index in [9.17, 15) is 18.0 Å². The van der Waals surface area contributed by atoms with Gasteiger partial charge in [-0.05, 0) is 12.5 Å². The molecule has 208 valence electrons. The van der Waals surface area contributed by atoms with Crippen LogP contribution in [-0.2, 0) is 18.0 Å². The number of nitrogens with zero attached hydrogens (tertiary/aromatic N) is 7. The number of pyridine rings is 2. The van der Waals surface area contributed by atoms with Crippen LogP contribution < -0.4 is 20.9 Å². The Hall–Kier alpha value is -4.37. The average molecular weight is 576 g/mol. The van der Waals surface area contributed by atoms with Gasteiger partial charge in [0, 0.05) is 26.9 Å². The monoisotopic (exact) mass is 575 g/mol. The van der Waals surface area contributed by atoms with E-state index in [-0.39, 0.29) is 34.7 Å². The standard InChI is InChI=1S/C24H21ClF3N9O3/c1-29-18-10-37-15(6-30-18)16(8-32-37)40-17-7-31-21-20(19(17)25)35(2)23(34-21)33-14-5-12(24(26,27)28)9-36(22(14)38)13-3-4-39-11-13/h5-10,13,29H,3-4,11H2,1-2H3,(H,31,33,34)/t13-/m1/s1. The van der Waals surface area contributed by atoms with Crippen LogP contribution in [0.5, 0.6) is 11.5 Å². The summed E-state index contributed by atoms with van der Waals surface area (Å²) in [5, 5.41) is 10.1. The second-order valence-electron chi connectivity index (χ2n) is 9.06. The number of nitrogens with one attached hydrogen (secondary N) is 2. The lowest BCUT2D eigenvalue weighted by Crippen LogP contribution is -2.28. The summed E-state index contributed by atoms with van der Waals surface area (Å²) >= 11 is 6.67. The van der Waals surface area contributed by atoms with Gasteiger partial charge >= 0.3 is 6.18 Å². The lowest BCUT2D eigenvalue weighted by Gasteiger charge is -2.18.